The van der Waals surface area contributed by atoms with Gasteiger partial charge in [0.25, 0.3) is 5.56 Å². The normalized spacial score (nSPS) is 11.5. The summed E-state index contributed by atoms with van der Waals surface area (Å²) in [6.07, 6.45) is 2.45. The van der Waals surface area contributed by atoms with Gasteiger partial charge in [-0.2, -0.15) is 10.4 Å². The van der Waals surface area contributed by atoms with Crippen LogP contribution in [-0.4, -0.2) is 33.0 Å². The maximum Gasteiger partial charge on any atom is 0.262 e. The van der Waals surface area contributed by atoms with E-state index in [1.165, 1.54) is 0 Å². The third-order valence-corrected chi connectivity index (χ3v) is 4.90. The van der Waals surface area contributed by atoms with Crippen LogP contribution in [0.4, 0.5) is 5.95 Å². The van der Waals surface area contributed by atoms with Crippen molar-refractivity contribution in [1.29, 1.82) is 5.26 Å². The van der Waals surface area contributed by atoms with Gasteiger partial charge in [0.05, 0.1) is 23.2 Å². The second-order valence-corrected chi connectivity index (χ2v) is 7.29. The van der Waals surface area contributed by atoms with E-state index >= 15 is 0 Å². The summed E-state index contributed by atoms with van der Waals surface area (Å²) in [5, 5.41) is 14.0. The minimum Gasteiger partial charge on any atom is -0.379 e. The minimum atomic E-state index is -0.120. The highest BCUT2D eigenvalue weighted by Crippen LogP contribution is 2.13. The van der Waals surface area contributed by atoms with Crippen molar-refractivity contribution in [2.24, 2.45) is 12.1 Å². The number of anilines is 1. The molecule has 0 amide bonds. The molecule has 30 heavy (non-hydrogen) atoms. The fourth-order valence-electron chi connectivity index (χ4n) is 3.12. The standard InChI is InChI=1S/C22H26N6O2/c1-15(2)30-11-7-10-28-21(29)19-8-5-6-9-20(19)25-22(28)26-24-14-17-12-18(13-23)27(4)16(17)3/h5-6,8-9,12,14-15H,7,10-11H2,1-4H3,(H,25,26)/b24-14-. The highest BCUT2D eigenvalue weighted by atomic mass is 16.5. The number of nitriles is 1. The van der Waals surface area contributed by atoms with Crippen molar-refractivity contribution in [3.63, 3.8) is 0 Å². The molecule has 0 fully saturated rings. The van der Waals surface area contributed by atoms with Crippen LogP contribution in [0.2, 0.25) is 0 Å². The Hall–Kier alpha value is -3.44. The van der Waals surface area contributed by atoms with Crippen molar-refractivity contribution in [1.82, 2.24) is 14.1 Å². The smallest absolute Gasteiger partial charge is 0.262 e. The zero-order valence-corrected chi connectivity index (χ0v) is 17.7. The lowest BCUT2D eigenvalue weighted by molar-refractivity contribution is 0.0748. The predicted octanol–water partition coefficient (Wildman–Crippen LogP) is 3.18. The van der Waals surface area contributed by atoms with Crippen LogP contribution in [0, 0.1) is 18.3 Å². The maximum atomic E-state index is 13.0. The molecule has 2 heterocycles. The van der Waals surface area contributed by atoms with E-state index in [1.54, 1.807) is 33.5 Å². The van der Waals surface area contributed by atoms with E-state index in [-0.39, 0.29) is 11.7 Å². The number of para-hydroxylation sites is 1. The summed E-state index contributed by atoms with van der Waals surface area (Å²) in [5.41, 5.74) is 5.69. The van der Waals surface area contributed by atoms with Crippen molar-refractivity contribution in [2.45, 2.75) is 39.8 Å². The van der Waals surface area contributed by atoms with E-state index in [9.17, 15) is 10.1 Å². The van der Waals surface area contributed by atoms with E-state index in [4.69, 9.17) is 4.74 Å². The molecule has 3 rings (SSSR count). The van der Waals surface area contributed by atoms with Crippen molar-refractivity contribution in [3.8, 4) is 6.07 Å². The van der Waals surface area contributed by atoms with Gasteiger partial charge in [-0.15, -0.1) is 0 Å². The molecular formula is C22H26N6O2. The summed E-state index contributed by atoms with van der Waals surface area (Å²) >= 11 is 0. The molecule has 2 aromatic heterocycles. The fourth-order valence-corrected chi connectivity index (χ4v) is 3.12. The van der Waals surface area contributed by atoms with Gasteiger partial charge >= 0.3 is 0 Å². The monoisotopic (exact) mass is 406 g/mol. The number of nitrogens with zero attached hydrogens (tertiary/aromatic N) is 5. The molecule has 0 saturated heterocycles. The van der Waals surface area contributed by atoms with Crippen LogP contribution in [0.15, 0.2) is 40.2 Å². The second kappa shape index (κ2) is 9.37. The first-order valence-corrected chi connectivity index (χ1v) is 9.89. The quantitative estimate of drug-likeness (QED) is 0.352. The number of rotatable bonds is 8. The molecular weight excluding hydrogens is 380 g/mol. The fraction of sp³-hybridized carbons (Fsp3) is 0.364. The molecule has 0 bridgehead atoms. The number of fused-ring (bicyclic) bond motifs is 1. The molecule has 0 spiro atoms. The number of benzene rings is 1. The zero-order valence-electron chi connectivity index (χ0n) is 17.7. The first-order chi connectivity index (χ1) is 14.4. The third kappa shape index (κ3) is 4.58. The molecule has 0 aliphatic rings. The molecule has 0 saturated carbocycles. The van der Waals surface area contributed by atoms with Crippen molar-refractivity contribution in [2.75, 3.05) is 12.0 Å². The molecule has 156 valence electrons. The van der Waals surface area contributed by atoms with Crippen LogP contribution >= 0.6 is 0 Å². The van der Waals surface area contributed by atoms with Crippen molar-refractivity contribution >= 4 is 23.1 Å². The summed E-state index contributed by atoms with van der Waals surface area (Å²) in [6, 6.07) is 11.2. The van der Waals surface area contributed by atoms with Gasteiger partial charge in [-0.3, -0.25) is 9.36 Å². The third-order valence-electron chi connectivity index (χ3n) is 4.90. The van der Waals surface area contributed by atoms with Crippen LogP contribution in [0.25, 0.3) is 10.9 Å². The Morgan fingerprint density at radius 1 is 1.37 bits per heavy atom. The molecule has 3 aromatic rings. The van der Waals surface area contributed by atoms with E-state index in [2.05, 4.69) is 21.6 Å². The van der Waals surface area contributed by atoms with Gasteiger partial charge in [0.15, 0.2) is 0 Å². The Balaban J connectivity index is 1.88. The van der Waals surface area contributed by atoms with Crippen molar-refractivity contribution < 1.29 is 4.74 Å². The number of hydrogen-bond acceptors (Lipinski definition) is 6. The lowest BCUT2D eigenvalue weighted by Crippen LogP contribution is -2.25. The lowest BCUT2D eigenvalue weighted by atomic mass is 10.2. The van der Waals surface area contributed by atoms with E-state index < -0.39 is 0 Å². The van der Waals surface area contributed by atoms with Crippen LogP contribution in [0.1, 0.15) is 37.2 Å². The van der Waals surface area contributed by atoms with Gasteiger partial charge in [-0.25, -0.2) is 10.4 Å². The molecule has 1 N–H and O–H groups in total. The first-order valence-electron chi connectivity index (χ1n) is 9.89. The van der Waals surface area contributed by atoms with Gasteiger partial charge in [-0.1, -0.05) is 12.1 Å². The Morgan fingerprint density at radius 2 is 2.13 bits per heavy atom. The molecule has 1 aromatic carbocycles. The van der Waals surface area contributed by atoms with E-state index in [1.807, 2.05) is 40.0 Å². The largest absolute Gasteiger partial charge is 0.379 e. The molecule has 8 nitrogen and oxygen atoms in total. The van der Waals surface area contributed by atoms with Gasteiger partial charge in [0.1, 0.15) is 11.8 Å². The SMILES string of the molecule is Cc1c(/C=N\Nc2nc3ccccc3c(=O)n2CCCOC(C)C)cc(C#N)n1C. The predicted molar refractivity (Wildman–Crippen MR) is 118 cm³/mol. The molecule has 0 radical (unpaired) electrons. The van der Waals surface area contributed by atoms with Gasteiger partial charge in [-0.05, 0) is 45.4 Å². The maximum absolute atomic E-state index is 13.0. The zero-order chi connectivity index (χ0) is 21.7. The van der Waals surface area contributed by atoms with Crippen LogP contribution in [0.3, 0.4) is 0 Å². The number of aromatic nitrogens is 3. The van der Waals surface area contributed by atoms with E-state index in [0.29, 0.717) is 42.1 Å². The van der Waals surface area contributed by atoms with Crippen LogP contribution in [-0.2, 0) is 18.3 Å². The van der Waals surface area contributed by atoms with Gasteiger partial charge in [0.2, 0.25) is 5.95 Å². The highest BCUT2D eigenvalue weighted by molar-refractivity contribution is 5.83. The second-order valence-electron chi connectivity index (χ2n) is 7.29. The van der Waals surface area contributed by atoms with Crippen molar-refractivity contribution in [3.05, 3.63) is 57.6 Å². The molecule has 0 aliphatic heterocycles. The summed E-state index contributed by atoms with van der Waals surface area (Å²) < 4.78 is 8.98. The Kier molecular flexibility index (Phi) is 6.65. The van der Waals surface area contributed by atoms with E-state index in [0.717, 1.165) is 11.3 Å². The summed E-state index contributed by atoms with van der Waals surface area (Å²) in [6.45, 7) is 6.90. The molecule has 0 aliphatic carbocycles. The molecule has 0 unspecified atom stereocenters. The summed E-state index contributed by atoms with van der Waals surface area (Å²) in [5.74, 6) is 0.369. The van der Waals surface area contributed by atoms with Crippen LogP contribution < -0.4 is 11.0 Å². The minimum absolute atomic E-state index is 0.120. The lowest BCUT2D eigenvalue weighted by Gasteiger charge is -2.13. The molecule has 8 heteroatoms. The first kappa shape index (κ1) is 21.3. The highest BCUT2D eigenvalue weighted by Gasteiger charge is 2.11. The van der Waals surface area contributed by atoms with Gasteiger partial charge in [0, 0.05) is 31.5 Å². The molecule has 0 atom stereocenters. The summed E-state index contributed by atoms with van der Waals surface area (Å²) in [4.78, 5) is 17.6. The van der Waals surface area contributed by atoms with Crippen LogP contribution in [0.5, 0.6) is 0 Å². The Labute approximate surface area is 175 Å². The number of ether oxygens (including phenoxy) is 1. The number of hydrazone groups is 1. The Bertz CT molecular complexity index is 1170. The average molecular weight is 406 g/mol. The Morgan fingerprint density at radius 3 is 2.83 bits per heavy atom. The number of hydrogen-bond donors (Lipinski definition) is 1. The average Bonchev–Trinajstić information content (AvgIpc) is 3.00. The topological polar surface area (TPSA) is 97.2 Å². The summed E-state index contributed by atoms with van der Waals surface area (Å²) in [7, 11) is 1.83. The van der Waals surface area contributed by atoms with Gasteiger partial charge < -0.3 is 9.30 Å². The number of nitrogens with one attached hydrogen (secondary N) is 1.